The number of rotatable bonds is 6. The summed E-state index contributed by atoms with van der Waals surface area (Å²) in [6.45, 7) is 4.11. The number of hydrogen-bond donors (Lipinski definition) is 2. The van der Waals surface area contributed by atoms with E-state index in [-0.39, 0.29) is 18.5 Å². The zero-order chi connectivity index (χ0) is 16.8. The first kappa shape index (κ1) is 17.3. The van der Waals surface area contributed by atoms with Crippen LogP contribution in [0.25, 0.3) is 0 Å². The van der Waals surface area contributed by atoms with Crippen molar-refractivity contribution >= 4 is 23.2 Å². The summed E-state index contributed by atoms with van der Waals surface area (Å²) in [5, 5.41) is 6.66. The number of benzene rings is 2. The van der Waals surface area contributed by atoms with E-state index in [0.717, 1.165) is 11.1 Å². The second-order valence-electron chi connectivity index (χ2n) is 5.36. The van der Waals surface area contributed by atoms with Gasteiger partial charge in [0.05, 0.1) is 19.3 Å². The fraction of sp³-hybridized carbons (Fsp3) is 0.278. The largest absolute Gasteiger partial charge is 0.495 e. The zero-order valence-electron chi connectivity index (χ0n) is 13.5. The van der Waals surface area contributed by atoms with Gasteiger partial charge in [-0.3, -0.25) is 4.79 Å². The summed E-state index contributed by atoms with van der Waals surface area (Å²) in [4.78, 5) is 12.2. The predicted molar refractivity (Wildman–Crippen MR) is 94.2 cm³/mol. The minimum atomic E-state index is -0.132. The van der Waals surface area contributed by atoms with Gasteiger partial charge in [0.15, 0.2) is 0 Å². The highest BCUT2D eigenvalue weighted by molar-refractivity contribution is 6.31. The van der Waals surface area contributed by atoms with Crippen molar-refractivity contribution in [1.29, 1.82) is 0 Å². The van der Waals surface area contributed by atoms with Crippen LogP contribution in [0.4, 0.5) is 5.69 Å². The van der Waals surface area contributed by atoms with Gasteiger partial charge in [-0.2, -0.15) is 0 Å². The molecule has 122 valence electrons. The lowest BCUT2D eigenvalue weighted by molar-refractivity contribution is -0.115. The van der Waals surface area contributed by atoms with Gasteiger partial charge in [0, 0.05) is 17.1 Å². The Bertz CT molecular complexity index is 674. The van der Waals surface area contributed by atoms with Gasteiger partial charge in [-0.1, -0.05) is 41.9 Å². The Kier molecular flexibility index (Phi) is 6.02. The van der Waals surface area contributed by atoms with Crippen LogP contribution in [0.3, 0.4) is 0 Å². The van der Waals surface area contributed by atoms with E-state index in [1.807, 2.05) is 44.2 Å². The van der Waals surface area contributed by atoms with E-state index in [4.69, 9.17) is 16.3 Å². The molecule has 2 N–H and O–H groups in total. The lowest BCUT2D eigenvalue weighted by Crippen LogP contribution is -2.30. The highest BCUT2D eigenvalue weighted by Gasteiger charge is 2.12. The number of ether oxygens (including phenoxy) is 1. The first-order valence-electron chi connectivity index (χ1n) is 7.43. The van der Waals surface area contributed by atoms with Crippen molar-refractivity contribution < 1.29 is 9.53 Å². The molecular formula is C18H21ClN2O2. The molecule has 2 aromatic carbocycles. The molecular weight excluding hydrogens is 312 g/mol. The molecule has 0 aromatic heterocycles. The molecule has 2 rings (SSSR count). The summed E-state index contributed by atoms with van der Waals surface area (Å²) in [5.74, 6) is 0.415. The maximum Gasteiger partial charge on any atom is 0.238 e. The number of halogens is 1. The number of carbonyl (C=O) groups is 1. The minimum Gasteiger partial charge on any atom is -0.495 e. The van der Waals surface area contributed by atoms with Crippen LogP contribution in [0.15, 0.2) is 42.5 Å². The van der Waals surface area contributed by atoms with E-state index in [0.29, 0.717) is 16.5 Å². The topological polar surface area (TPSA) is 50.4 Å². The lowest BCUT2D eigenvalue weighted by Gasteiger charge is -2.15. The fourth-order valence-electron chi connectivity index (χ4n) is 2.23. The highest BCUT2D eigenvalue weighted by Crippen LogP contribution is 2.30. The molecule has 0 aliphatic heterocycles. The Labute approximate surface area is 141 Å². The quantitative estimate of drug-likeness (QED) is 0.842. The number of nitrogens with one attached hydrogen (secondary N) is 2. The third-order valence-electron chi connectivity index (χ3n) is 3.62. The first-order chi connectivity index (χ1) is 11.0. The second kappa shape index (κ2) is 7.99. The Morgan fingerprint density at radius 3 is 2.61 bits per heavy atom. The first-order valence-corrected chi connectivity index (χ1v) is 7.81. The Morgan fingerprint density at radius 1 is 1.26 bits per heavy atom. The molecule has 0 bridgehead atoms. The molecule has 23 heavy (non-hydrogen) atoms. The Morgan fingerprint density at radius 2 is 1.96 bits per heavy atom. The smallest absolute Gasteiger partial charge is 0.238 e. The number of hydrogen-bond acceptors (Lipinski definition) is 3. The van der Waals surface area contributed by atoms with Gasteiger partial charge in [-0.15, -0.1) is 0 Å². The van der Waals surface area contributed by atoms with E-state index < -0.39 is 0 Å². The van der Waals surface area contributed by atoms with E-state index in [9.17, 15) is 4.79 Å². The number of methoxy groups -OCH3 is 1. The van der Waals surface area contributed by atoms with Crippen molar-refractivity contribution in [1.82, 2.24) is 5.32 Å². The molecule has 4 nitrogen and oxygen atoms in total. The van der Waals surface area contributed by atoms with Crippen molar-refractivity contribution in [3.63, 3.8) is 0 Å². The van der Waals surface area contributed by atoms with Crippen LogP contribution < -0.4 is 15.4 Å². The normalized spacial score (nSPS) is 11.8. The van der Waals surface area contributed by atoms with Gasteiger partial charge < -0.3 is 15.4 Å². The molecule has 1 atom stereocenters. The molecule has 1 amide bonds. The zero-order valence-corrected chi connectivity index (χ0v) is 14.3. The van der Waals surface area contributed by atoms with E-state index >= 15 is 0 Å². The SMILES string of the molecule is COc1cc(Cl)c(C)cc1NC(=O)CNC(C)c1ccccc1. The summed E-state index contributed by atoms with van der Waals surface area (Å²) < 4.78 is 5.26. The molecule has 0 radical (unpaired) electrons. The number of aryl methyl sites for hydroxylation is 1. The van der Waals surface area contributed by atoms with Crippen LogP contribution >= 0.6 is 11.6 Å². The number of anilines is 1. The number of carbonyl (C=O) groups excluding carboxylic acids is 1. The molecule has 0 spiro atoms. The predicted octanol–water partition coefficient (Wildman–Crippen LogP) is 3.95. The highest BCUT2D eigenvalue weighted by atomic mass is 35.5. The van der Waals surface area contributed by atoms with Crippen molar-refractivity contribution in [2.75, 3.05) is 19.0 Å². The molecule has 0 saturated carbocycles. The van der Waals surface area contributed by atoms with Gasteiger partial charge in [0.1, 0.15) is 5.75 Å². The fourth-order valence-corrected chi connectivity index (χ4v) is 2.38. The minimum absolute atomic E-state index is 0.0933. The average molecular weight is 333 g/mol. The van der Waals surface area contributed by atoms with Crippen LogP contribution in [0.5, 0.6) is 5.75 Å². The van der Waals surface area contributed by atoms with Crippen molar-refractivity contribution in [3.8, 4) is 5.75 Å². The van der Waals surface area contributed by atoms with Crippen LogP contribution in [-0.4, -0.2) is 19.6 Å². The van der Waals surface area contributed by atoms with Crippen LogP contribution in [0.1, 0.15) is 24.1 Å². The molecule has 0 aliphatic carbocycles. The summed E-state index contributed by atoms with van der Waals surface area (Å²) in [7, 11) is 1.55. The van der Waals surface area contributed by atoms with Crippen molar-refractivity contribution in [3.05, 3.63) is 58.6 Å². The summed E-state index contributed by atoms with van der Waals surface area (Å²) >= 11 is 6.07. The summed E-state index contributed by atoms with van der Waals surface area (Å²) in [6, 6.07) is 13.6. The molecule has 0 heterocycles. The lowest BCUT2D eigenvalue weighted by atomic mass is 10.1. The average Bonchev–Trinajstić information content (AvgIpc) is 2.56. The van der Waals surface area contributed by atoms with Gasteiger partial charge >= 0.3 is 0 Å². The summed E-state index contributed by atoms with van der Waals surface area (Å²) in [5.41, 5.74) is 2.64. The Balaban J connectivity index is 1.96. The molecule has 5 heteroatoms. The second-order valence-corrected chi connectivity index (χ2v) is 5.77. The molecule has 2 aromatic rings. The number of amides is 1. The molecule has 0 fully saturated rings. The maximum atomic E-state index is 12.2. The summed E-state index contributed by atoms with van der Waals surface area (Å²) in [6.07, 6.45) is 0. The van der Waals surface area contributed by atoms with E-state index in [1.165, 1.54) is 0 Å². The van der Waals surface area contributed by atoms with Crippen LogP contribution in [-0.2, 0) is 4.79 Å². The van der Waals surface area contributed by atoms with Gasteiger partial charge in [0.25, 0.3) is 0 Å². The molecule has 1 unspecified atom stereocenters. The van der Waals surface area contributed by atoms with Crippen LogP contribution in [0, 0.1) is 6.92 Å². The standard InChI is InChI=1S/C18H21ClN2O2/c1-12-9-16(17(23-3)10-15(12)19)21-18(22)11-20-13(2)14-7-5-4-6-8-14/h4-10,13,20H,11H2,1-3H3,(H,21,22). The van der Waals surface area contributed by atoms with E-state index in [2.05, 4.69) is 10.6 Å². The van der Waals surface area contributed by atoms with E-state index in [1.54, 1.807) is 19.2 Å². The monoisotopic (exact) mass is 332 g/mol. The maximum absolute atomic E-state index is 12.2. The molecule has 0 aliphatic rings. The van der Waals surface area contributed by atoms with Gasteiger partial charge in [0.2, 0.25) is 5.91 Å². The molecule has 0 saturated heterocycles. The third-order valence-corrected chi connectivity index (χ3v) is 4.03. The van der Waals surface area contributed by atoms with Gasteiger partial charge in [-0.05, 0) is 31.0 Å². The van der Waals surface area contributed by atoms with Gasteiger partial charge in [-0.25, -0.2) is 0 Å². The third kappa shape index (κ3) is 4.71. The van der Waals surface area contributed by atoms with Crippen molar-refractivity contribution in [2.24, 2.45) is 0 Å². The van der Waals surface area contributed by atoms with Crippen LogP contribution in [0.2, 0.25) is 5.02 Å². The Hall–Kier alpha value is -2.04. The van der Waals surface area contributed by atoms with Crippen molar-refractivity contribution in [2.45, 2.75) is 19.9 Å².